The van der Waals surface area contributed by atoms with Gasteiger partial charge in [0.05, 0.1) is 13.2 Å². The van der Waals surface area contributed by atoms with E-state index in [1.807, 2.05) is 13.8 Å². The van der Waals surface area contributed by atoms with Crippen molar-refractivity contribution >= 4 is 24.2 Å². The lowest BCUT2D eigenvalue weighted by atomic mass is 10.1. The molecule has 1 atom stereocenters. The van der Waals surface area contributed by atoms with E-state index in [2.05, 4.69) is 28.4 Å². The summed E-state index contributed by atoms with van der Waals surface area (Å²) in [5, 5.41) is 0. The van der Waals surface area contributed by atoms with Gasteiger partial charge in [0.2, 0.25) is 0 Å². The topological polar surface area (TPSA) is 124 Å². The standard InChI is InChI=1S/C6H12O.C5H8O3.C4H6O3.C3H4O3/c1-5(2)4-6(3)7;6-5-7-3-1-2-4-8-5;1-3-2-6-4(5)7-3;4-3-5-1-2-6-3/h5H,4H2,1-3H3;1-4H2;3H,2H2,1H3;1-2H2. The Morgan fingerprint density at radius 3 is 1.54 bits per heavy atom. The van der Waals surface area contributed by atoms with E-state index in [1.54, 1.807) is 13.8 Å². The second kappa shape index (κ2) is 15.5. The van der Waals surface area contributed by atoms with Gasteiger partial charge in [-0.3, -0.25) is 0 Å². The molecule has 0 aromatic carbocycles. The van der Waals surface area contributed by atoms with Gasteiger partial charge in [0.1, 0.15) is 31.7 Å². The highest BCUT2D eigenvalue weighted by Gasteiger charge is 2.19. The van der Waals surface area contributed by atoms with Gasteiger partial charge in [0, 0.05) is 6.42 Å². The Balaban J connectivity index is 0.000000349. The Morgan fingerprint density at radius 2 is 1.32 bits per heavy atom. The van der Waals surface area contributed by atoms with E-state index in [1.165, 1.54) is 0 Å². The molecule has 1 unspecified atom stereocenters. The molecule has 0 aromatic rings. The van der Waals surface area contributed by atoms with Gasteiger partial charge in [-0.25, -0.2) is 14.4 Å². The van der Waals surface area contributed by atoms with Crippen molar-refractivity contribution in [3.8, 4) is 0 Å². The Hall–Kier alpha value is -2.52. The average Bonchev–Trinajstić information content (AvgIpc) is 3.14. The van der Waals surface area contributed by atoms with Crippen LogP contribution in [0.4, 0.5) is 14.4 Å². The van der Waals surface area contributed by atoms with Gasteiger partial charge < -0.3 is 33.2 Å². The fourth-order valence-electron chi connectivity index (χ4n) is 1.84. The highest BCUT2D eigenvalue weighted by atomic mass is 16.8. The Kier molecular flexibility index (Phi) is 14.1. The molecule has 3 aliphatic rings. The summed E-state index contributed by atoms with van der Waals surface area (Å²) in [6.07, 6.45) is 0.898. The summed E-state index contributed by atoms with van der Waals surface area (Å²) in [6.45, 7) is 9.75. The van der Waals surface area contributed by atoms with Crippen LogP contribution in [0.2, 0.25) is 0 Å². The number of ketones is 1. The summed E-state index contributed by atoms with van der Waals surface area (Å²) in [7, 11) is 0. The molecule has 0 aromatic heterocycles. The molecule has 10 heteroatoms. The summed E-state index contributed by atoms with van der Waals surface area (Å²) < 4.78 is 26.6. The summed E-state index contributed by atoms with van der Waals surface area (Å²) in [6, 6.07) is 0. The zero-order valence-corrected chi connectivity index (χ0v) is 16.9. The fourth-order valence-corrected chi connectivity index (χ4v) is 1.84. The molecule has 0 radical (unpaired) electrons. The SMILES string of the molecule is CC(=O)CC(C)C.CC1COC(=O)O1.O=C1OCCCCO1.O=C1OCCO1. The second-order valence-electron chi connectivity index (χ2n) is 6.39. The minimum atomic E-state index is -0.549. The molecule has 3 rings (SSSR count). The van der Waals surface area contributed by atoms with E-state index in [4.69, 9.17) is 0 Å². The number of Topliss-reactive ketones (excluding diaryl/α,β-unsaturated/α-hetero) is 1. The highest BCUT2D eigenvalue weighted by Crippen LogP contribution is 2.03. The third-order valence-electron chi connectivity index (χ3n) is 2.93. The van der Waals surface area contributed by atoms with E-state index in [0.717, 1.165) is 19.3 Å². The maximum absolute atomic E-state index is 10.3. The quantitative estimate of drug-likeness (QED) is 0.498. The van der Waals surface area contributed by atoms with Crippen molar-refractivity contribution in [1.29, 1.82) is 0 Å². The first-order valence-corrected chi connectivity index (χ1v) is 9.12. The number of rotatable bonds is 2. The first kappa shape index (κ1) is 25.5. The van der Waals surface area contributed by atoms with Gasteiger partial charge in [-0.2, -0.15) is 0 Å². The monoisotopic (exact) mass is 406 g/mol. The van der Waals surface area contributed by atoms with Crippen LogP contribution in [-0.4, -0.2) is 63.4 Å². The summed E-state index contributed by atoms with van der Waals surface area (Å²) in [5.74, 6) is 0.813. The lowest BCUT2D eigenvalue weighted by Gasteiger charge is -1.95. The van der Waals surface area contributed by atoms with Crippen LogP contribution in [0.15, 0.2) is 0 Å². The van der Waals surface area contributed by atoms with Gasteiger partial charge in [-0.15, -0.1) is 0 Å². The van der Waals surface area contributed by atoms with Gasteiger partial charge >= 0.3 is 18.5 Å². The van der Waals surface area contributed by atoms with Crippen LogP contribution in [0, 0.1) is 5.92 Å². The fraction of sp³-hybridized carbons (Fsp3) is 0.778. The molecule has 3 saturated heterocycles. The average molecular weight is 406 g/mol. The minimum Gasteiger partial charge on any atom is -0.434 e. The number of carbonyl (C=O) groups is 4. The van der Waals surface area contributed by atoms with Crippen LogP contribution in [0.3, 0.4) is 0 Å². The van der Waals surface area contributed by atoms with Gasteiger partial charge in [-0.05, 0) is 32.6 Å². The maximum atomic E-state index is 10.3. The van der Waals surface area contributed by atoms with Crippen LogP contribution < -0.4 is 0 Å². The van der Waals surface area contributed by atoms with Crippen molar-refractivity contribution < 1.29 is 47.6 Å². The number of hydrogen-bond acceptors (Lipinski definition) is 10. The highest BCUT2D eigenvalue weighted by molar-refractivity contribution is 5.75. The predicted octanol–water partition coefficient (Wildman–Crippen LogP) is 3.25. The molecule has 162 valence electrons. The molecule has 0 aliphatic carbocycles. The Morgan fingerprint density at radius 1 is 0.857 bits per heavy atom. The maximum Gasteiger partial charge on any atom is 0.508 e. The van der Waals surface area contributed by atoms with Crippen LogP contribution in [0.5, 0.6) is 0 Å². The molecular formula is C18H30O10. The molecule has 0 amide bonds. The lowest BCUT2D eigenvalue weighted by Crippen LogP contribution is -2.02. The molecule has 28 heavy (non-hydrogen) atoms. The van der Waals surface area contributed by atoms with Gasteiger partial charge in [0.25, 0.3) is 0 Å². The van der Waals surface area contributed by atoms with Crippen molar-refractivity contribution in [2.75, 3.05) is 33.0 Å². The Bertz CT molecular complexity index is 471. The van der Waals surface area contributed by atoms with Crippen molar-refractivity contribution in [3.05, 3.63) is 0 Å². The smallest absolute Gasteiger partial charge is 0.434 e. The van der Waals surface area contributed by atoms with E-state index in [9.17, 15) is 19.2 Å². The summed E-state index contributed by atoms with van der Waals surface area (Å²) in [4.78, 5) is 40.3. The zero-order chi connectivity index (χ0) is 21.4. The molecule has 10 nitrogen and oxygen atoms in total. The van der Waals surface area contributed by atoms with Gasteiger partial charge in [0.15, 0.2) is 0 Å². The minimum absolute atomic E-state index is 0.0486. The molecule has 0 N–H and O–H groups in total. The number of carbonyl (C=O) groups excluding carboxylic acids is 4. The van der Waals surface area contributed by atoms with E-state index in [0.29, 0.717) is 39.0 Å². The Labute approximate surface area is 164 Å². The van der Waals surface area contributed by atoms with Crippen molar-refractivity contribution in [1.82, 2.24) is 0 Å². The van der Waals surface area contributed by atoms with Crippen molar-refractivity contribution in [2.45, 2.75) is 53.1 Å². The lowest BCUT2D eigenvalue weighted by molar-refractivity contribution is -0.117. The molecule has 3 fully saturated rings. The van der Waals surface area contributed by atoms with Crippen LogP contribution in [-0.2, 0) is 33.2 Å². The van der Waals surface area contributed by atoms with Crippen LogP contribution >= 0.6 is 0 Å². The first-order valence-electron chi connectivity index (χ1n) is 9.12. The molecule has 0 spiro atoms. The van der Waals surface area contributed by atoms with E-state index in [-0.39, 0.29) is 11.9 Å². The van der Waals surface area contributed by atoms with Gasteiger partial charge in [-0.1, -0.05) is 13.8 Å². The van der Waals surface area contributed by atoms with Crippen LogP contribution in [0.1, 0.15) is 47.0 Å². The number of hydrogen-bond donors (Lipinski definition) is 0. The third-order valence-corrected chi connectivity index (χ3v) is 2.93. The molecule has 3 aliphatic heterocycles. The second-order valence-corrected chi connectivity index (χ2v) is 6.39. The number of cyclic esters (lactones) is 6. The molecular weight excluding hydrogens is 376 g/mol. The largest absolute Gasteiger partial charge is 0.508 e. The van der Waals surface area contributed by atoms with E-state index >= 15 is 0 Å². The first-order chi connectivity index (χ1) is 13.2. The predicted molar refractivity (Wildman–Crippen MR) is 95.9 cm³/mol. The van der Waals surface area contributed by atoms with Crippen LogP contribution in [0.25, 0.3) is 0 Å². The molecule has 0 bridgehead atoms. The zero-order valence-electron chi connectivity index (χ0n) is 16.9. The summed E-state index contributed by atoms with van der Waals surface area (Å²) >= 11 is 0. The number of ether oxygens (including phenoxy) is 6. The van der Waals surface area contributed by atoms with Crippen molar-refractivity contribution in [2.24, 2.45) is 5.92 Å². The van der Waals surface area contributed by atoms with Crippen molar-refractivity contribution in [3.63, 3.8) is 0 Å². The normalized spacial score (nSPS) is 19.9. The molecule has 0 saturated carbocycles. The summed E-state index contributed by atoms with van der Waals surface area (Å²) in [5.41, 5.74) is 0. The molecule has 3 heterocycles. The van der Waals surface area contributed by atoms with E-state index < -0.39 is 18.5 Å². The third kappa shape index (κ3) is 16.9.